The van der Waals surface area contributed by atoms with Crippen molar-refractivity contribution in [1.29, 1.82) is 0 Å². The first-order valence-corrected chi connectivity index (χ1v) is 5.89. The number of nitrogens with one attached hydrogen (secondary N) is 1. The zero-order chi connectivity index (χ0) is 13.0. The van der Waals surface area contributed by atoms with Crippen LogP contribution in [0.3, 0.4) is 0 Å². The molecule has 1 aromatic heterocycles. The third-order valence-electron chi connectivity index (χ3n) is 2.60. The van der Waals surface area contributed by atoms with Crippen LogP contribution in [0.25, 0.3) is 0 Å². The van der Waals surface area contributed by atoms with Crippen molar-refractivity contribution >= 4 is 5.95 Å². The van der Waals surface area contributed by atoms with Crippen LogP contribution >= 0.6 is 0 Å². The minimum Gasteiger partial charge on any atom is -0.356 e. The molecule has 2 rings (SSSR count). The van der Waals surface area contributed by atoms with E-state index in [0.717, 1.165) is 19.0 Å². The lowest BCUT2D eigenvalue weighted by Gasteiger charge is -2.09. The zero-order valence-electron chi connectivity index (χ0n) is 10.2. The van der Waals surface area contributed by atoms with Crippen LogP contribution in [0, 0.1) is 11.6 Å². The summed E-state index contributed by atoms with van der Waals surface area (Å²) in [7, 11) is 0. The van der Waals surface area contributed by atoms with Gasteiger partial charge >= 0.3 is 0 Å². The molecule has 0 radical (unpaired) electrons. The Hall–Kier alpha value is -1.91. The summed E-state index contributed by atoms with van der Waals surface area (Å²) in [6.07, 6.45) is 4.40. The van der Waals surface area contributed by atoms with Gasteiger partial charge in [-0.15, -0.1) is 0 Å². The summed E-state index contributed by atoms with van der Waals surface area (Å²) in [5.74, 6) is -0.406. The zero-order valence-corrected chi connectivity index (χ0v) is 10.2. The van der Waals surface area contributed by atoms with Gasteiger partial charge in [0, 0.05) is 30.6 Å². The quantitative estimate of drug-likeness (QED) is 0.885. The van der Waals surface area contributed by atoms with Gasteiger partial charge in [-0.1, -0.05) is 13.0 Å². The fourth-order valence-electron chi connectivity index (χ4n) is 1.67. The molecule has 0 spiro atoms. The molecule has 0 aliphatic rings. The SMILES string of the molecule is CCCNc1nccn1Cc1ccc(F)cc1F. The molecule has 0 amide bonds. The molecular formula is C13H15F2N3. The Kier molecular flexibility index (Phi) is 3.92. The van der Waals surface area contributed by atoms with Crippen LogP contribution in [0.1, 0.15) is 18.9 Å². The van der Waals surface area contributed by atoms with Gasteiger partial charge in [0.15, 0.2) is 0 Å². The van der Waals surface area contributed by atoms with Crippen LogP contribution in [0.15, 0.2) is 30.6 Å². The summed E-state index contributed by atoms with van der Waals surface area (Å²) in [5, 5.41) is 3.15. The number of halogens is 2. The molecule has 0 saturated carbocycles. The number of hydrogen-bond acceptors (Lipinski definition) is 2. The van der Waals surface area contributed by atoms with Crippen molar-refractivity contribution in [1.82, 2.24) is 9.55 Å². The van der Waals surface area contributed by atoms with E-state index in [1.54, 1.807) is 17.0 Å². The van der Waals surface area contributed by atoms with Crippen molar-refractivity contribution in [2.75, 3.05) is 11.9 Å². The van der Waals surface area contributed by atoms with E-state index in [9.17, 15) is 8.78 Å². The fourth-order valence-corrected chi connectivity index (χ4v) is 1.67. The molecule has 0 saturated heterocycles. The van der Waals surface area contributed by atoms with Crippen LogP contribution < -0.4 is 5.32 Å². The summed E-state index contributed by atoms with van der Waals surface area (Å²) in [6, 6.07) is 3.61. The fraction of sp³-hybridized carbons (Fsp3) is 0.308. The van der Waals surface area contributed by atoms with Crippen molar-refractivity contribution in [3.05, 3.63) is 47.8 Å². The highest BCUT2D eigenvalue weighted by Gasteiger charge is 2.07. The number of imidazole rings is 1. The lowest BCUT2D eigenvalue weighted by molar-refractivity contribution is 0.566. The molecule has 2 aromatic rings. The van der Waals surface area contributed by atoms with Gasteiger partial charge in [0.25, 0.3) is 0 Å². The summed E-state index contributed by atoms with van der Waals surface area (Å²) in [4.78, 5) is 4.15. The largest absolute Gasteiger partial charge is 0.356 e. The summed E-state index contributed by atoms with van der Waals surface area (Å²) in [5.41, 5.74) is 0.439. The van der Waals surface area contributed by atoms with E-state index in [2.05, 4.69) is 17.2 Å². The van der Waals surface area contributed by atoms with E-state index in [1.165, 1.54) is 12.1 Å². The Balaban J connectivity index is 2.15. The maximum atomic E-state index is 13.5. The number of hydrogen-bond donors (Lipinski definition) is 1. The van der Waals surface area contributed by atoms with Crippen molar-refractivity contribution < 1.29 is 8.78 Å². The van der Waals surface area contributed by atoms with Gasteiger partial charge < -0.3 is 9.88 Å². The van der Waals surface area contributed by atoms with Gasteiger partial charge in [-0.05, 0) is 12.5 Å². The van der Waals surface area contributed by atoms with E-state index in [0.29, 0.717) is 18.1 Å². The standard InChI is InChI=1S/C13H15F2N3/c1-2-5-16-13-17-6-7-18(13)9-10-3-4-11(14)8-12(10)15/h3-4,6-8H,2,5,9H2,1H3,(H,16,17). The lowest BCUT2D eigenvalue weighted by atomic mass is 10.2. The molecule has 96 valence electrons. The highest BCUT2D eigenvalue weighted by atomic mass is 19.1. The predicted molar refractivity (Wildman–Crippen MR) is 66.5 cm³/mol. The van der Waals surface area contributed by atoms with Crippen LogP contribution in [0.2, 0.25) is 0 Å². The average molecular weight is 251 g/mol. The number of aromatic nitrogens is 2. The lowest BCUT2D eigenvalue weighted by Crippen LogP contribution is -2.09. The Labute approximate surface area is 104 Å². The van der Waals surface area contributed by atoms with Crippen LogP contribution in [-0.4, -0.2) is 16.1 Å². The molecule has 0 unspecified atom stereocenters. The molecular weight excluding hydrogens is 236 g/mol. The third-order valence-corrected chi connectivity index (χ3v) is 2.60. The number of benzene rings is 1. The second-order valence-corrected chi connectivity index (χ2v) is 4.04. The predicted octanol–water partition coefficient (Wildman–Crippen LogP) is 3.03. The average Bonchev–Trinajstić information content (AvgIpc) is 2.77. The minimum atomic E-state index is -0.564. The van der Waals surface area contributed by atoms with Crippen LogP contribution in [-0.2, 0) is 6.54 Å². The van der Waals surface area contributed by atoms with E-state index in [4.69, 9.17) is 0 Å². The minimum absolute atomic E-state index is 0.332. The molecule has 0 aliphatic carbocycles. The summed E-state index contributed by atoms with van der Waals surface area (Å²) >= 11 is 0. The summed E-state index contributed by atoms with van der Waals surface area (Å²) < 4.78 is 28.1. The first-order chi connectivity index (χ1) is 8.70. The van der Waals surface area contributed by atoms with Gasteiger partial charge in [-0.2, -0.15) is 0 Å². The highest BCUT2D eigenvalue weighted by Crippen LogP contribution is 2.14. The monoisotopic (exact) mass is 251 g/mol. The maximum Gasteiger partial charge on any atom is 0.203 e. The van der Waals surface area contributed by atoms with E-state index in [1.807, 2.05) is 0 Å². The van der Waals surface area contributed by atoms with Gasteiger partial charge in [0.05, 0.1) is 6.54 Å². The van der Waals surface area contributed by atoms with Gasteiger partial charge in [0.1, 0.15) is 11.6 Å². The molecule has 0 bridgehead atoms. The van der Waals surface area contributed by atoms with E-state index >= 15 is 0 Å². The second kappa shape index (κ2) is 5.62. The molecule has 3 nitrogen and oxygen atoms in total. The Morgan fingerprint density at radius 1 is 1.33 bits per heavy atom. The normalized spacial score (nSPS) is 10.6. The molecule has 0 atom stereocenters. The molecule has 1 N–H and O–H groups in total. The molecule has 1 aromatic carbocycles. The number of anilines is 1. The van der Waals surface area contributed by atoms with Crippen molar-refractivity contribution in [2.24, 2.45) is 0 Å². The Bertz CT molecular complexity index is 523. The molecule has 1 heterocycles. The third kappa shape index (κ3) is 2.85. The van der Waals surface area contributed by atoms with Crippen molar-refractivity contribution in [3.8, 4) is 0 Å². The van der Waals surface area contributed by atoms with Crippen LogP contribution in [0.4, 0.5) is 14.7 Å². The molecule has 0 aliphatic heterocycles. The topological polar surface area (TPSA) is 29.9 Å². The van der Waals surface area contributed by atoms with E-state index < -0.39 is 11.6 Å². The maximum absolute atomic E-state index is 13.5. The highest BCUT2D eigenvalue weighted by molar-refractivity contribution is 5.28. The molecule has 5 heteroatoms. The molecule has 0 fully saturated rings. The summed E-state index contributed by atoms with van der Waals surface area (Å²) in [6.45, 7) is 3.20. The van der Waals surface area contributed by atoms with Crippen molar-refractivity contribution in [3.63, 3.8) is 0 Å². The number of nitrogens with zero attached hydrogens (tertiary/aromatic N) is 2. The Morgan fingerprint density at radius 3 is 2.89 bits per heavy atom. The first kappa shape index (κ1) is 12.5. The van der Waals surface area contributed by atoms with Crippen LogP contribution in [0.5, 0.6) is 0 Å². The first-order valence-electron chi connectivity index (χ1n) is 5.89. The smallest absolute Gasteiger partial charge is 0.203 e. The van der Waals surface area contributed by atoms with Gasteiger partial charge in [-0.25, -0.2) is 13.8 Å². The Morgan fingerprint density at radius 2 is 2.17 bits per heavy atom. The van der Waals surface area contributed by atoms with Crippen molar-refractivity contribution in [2.45, 2.75) is 19.9 Å². The number of rotatable bonds is 5. The second-order valence-electron chi connectivity index (χ2n) is 4.04. The molecule has 18 heavy (non-hydrogen) atoms. The van der Waals surface area contributed by atoms with Gasteiger partial charge in [0.2, 0.25) is 5.95 Å². The van der Waals surface area contributed by atoms with Gasteiger partial charge in [-0.3, -0.25) is 0 Å². The van der Waals surface area contributed by atoms with E-state index in [-0.39, 0.29) is 0 Å².